The third-order valence-electron chi connectivity index (χ3n) is 4.52. The van der Waals surface area contributed by atoms with E-state index < -0.39 is 0 Å². The SMILES string of the molecule is COCCC1CCN(C(=O)CN(C)C(=O)c2ccccc2Cl)CC1. The highest BCUT2D eigenvalue weighted by molar-refractivity contribution is 6.33. The maximum Gasteiger partial charge on any atom is 0.255 e. The third kappa shape index (κ3) is 4.95. The number of methoxy groups -OCH3 is 1. The number of hydrogen-bond acceptors (Lipinski definition) is 3. The summed E-state index contributed by atoms with van der Waals surface area (Å²) in [5, 5.41) is 0.403. The zero-order valence-electron chi connectivity index (χ0n) is 14.3. The molecule has 24 heavy (non-hydrogen) atoms. The number of likely N-dealkylation sites (tertiary alicyclic amines) is 1. The van der Waals surface area contributed by atoms with Gasteiger partial charge >= 0.3 is 0 Å². The average Bonchev–Trinajstić information content (AvgIpc) is 2.60. The van der Waals surface area contributed by atoms with Crippen LogP contribution in [0.4, 0.5) is 0 Å². The van der Waals surface area contributed by atoms with Crippen LogP contribution < -0.4 is 0 Å². The van der Waals surface area contributed by atoms with Gasteiger partial charge in [0.15, 0.2) is 0 Å². The predicted molar refractivity (Wildman–Crippen MR) is 94.2 cm³/mol. The highest BCUT2D eigenvalue weighted by atomic mass is 35.5. The van der Waals surface area contributed by atoms with Crippen molar-refractivity contribution < 1.29 is 14.3 Å². The summed E-state index contributed by atoms with van der Waals surface area (Å²) in [6.07, 6.45) is 3.04. The van der Waals surface area contributed by atoms with Gasteiger partial charge < -0.3 is 14.5 Å². The van der Waals surface area contributed by atoms with Crippen LogP contribution in [0.1, 0.15) is 29.6 Å². The maximum absolute atomic E-state index is 12.4. The van der Waals surface area contributed by atoms with E-state index in [1.807, 2.05) is 4.90 Å². The Morgan fingerprint density at radius 2 is 1.96 bits per heavy atom. The van der Waals surface area contributed by atoms with Gasteiger partial charge in [-0.15, -0.1) is 0 Å². The van der Waals surface area contributed by atoms with Crippen LogP contribution in [-0.4, -0.2) is 62.0 Å². The molecule has 1 aliphatic heterocycles. The molecule has 1 aliphatic rings. The molecule has 5 nitrogen and oxygen atoms in total. The van der Waals surface area contributed by atoms with E-state index in [9.17, 15) is 9.59 Å². The molecular formula is C18H25ClN2O3. The Hall–Kier alpha value is -1.59. The van der Waals surface area contributed by atoms with Gasteiger partial charge in [0.25, 0.3) is 5.91 Å². The van der Waals surface area contributed by atoms with Crippen LogP contribution in [0.2, 0.25) is 5.02 Å². The molecule has 0 saturated carbocycles. The van der Waals surface area contributed by atoms with Gasteiger partial charge in [-0.25, -0.2) is 0 Å². The summed E-state index contributed by atoms with van der Waals surface area (Å²) in [6, 6.07) is 6.89. The van der Waals surface area contributed by atoms with E-state index in [0.29, 0.717) is 16.5 Å². The Kier molecular flexibility index (Phi) is 7.06. The fourth-order valence-corrected chi connectivity index (χ4v) is 3.19. The fraction of sp³-hybridized carbons (Fsp3) is 0.556. The quantitative estimate of drug-likeness (QED) is 0.791. The normalized spacial score (nSPS) is 15.4. The lowest BCUT2D eigenvalue weighted by Crippen LogP contribution is -2.44. The Morgan fingerprint density at radius 1 is 1.29 bits per heavy atom. The molecule has 0 N–H and O–H groups in total. The van der Waals surface area contributed by atoms with E-state index in [2.05, 4.69) is 0 Å². The Morgan fingerprint density at radius 3 is 2.58 bits per heavy atom. The molecule has 1 aromatic rings. The van der Waals surface area contributed by atoms with Crippen LogP contribution in [0.5, 0.6) is 0 Å². The number of carbonyl (C=O) groups is 2. The van der Waals surface area contributed by atoms with Crippen molar-refractivity contribution in [3.63, 3.8) is 0 Å². The number of hydrogen-bond donors (Lipinski definition) is 0. The second-order valence-electron chi connectivity index (χ2n) is 6.25. The third-order valence-corrected chi connectivity index (χ3v) is 4.85. The lowest BCUT2D eigenvalue weighted by molar-refractivity contribution is -0.133. The van der Waals surface area contributed by atoms with E-state index >= 15 is 0 Å². The van der Waals surface area contributed by atoms with E-state index in [4.69, 9.17) is 16.3 Å². The van der Waals surface area contributed by atoms with Crippen molar-refractivity contribution >= 4 is 23.4 Å². The largest absolute Gasteiger partial charge is 0.385 e. The molecule has 2 rings (SSSR count). The number of nitrogens with zero attached hydrogens (tertiary/aromatic N) is 2. The van der Waals surface area contributed by atoms with Crippen molar-refractivity contribution in [3.05, 3.63) is 34.9 Å². The second kappa shape index (κ2) is 9.04. The first kappa shape index (κ1) is 18.7. The minimum Gasteiger partial charge on any atom is -0.385 e. The topological polar surface area (TPSA) is 49.9 Å². The first-order chi connectivity index (χ1) is 11.5. The zero-order chi connectivity index (χ0) is 17.5. The predicted octanol–water partition coefficient (Wildman–Crippen LogP) is 2.69. The molecular weight excluding hydrogens is 328 g/mol. The molecule has 0 aromatic heterocycles. The number of ether oxygens (including phenoxy) is 1. The zero-order valence-corrected chi connectivity index (χ0v) is 15.1. The highest BCUT2D eigenvalue weighted by Crippen LogP contribution is 2.21. The number of halogens is 1. The molecule has 1 saturated heterocycles. The van der Waals surface area contributed by atoms with Crippen LogP contribution in [0, 0.1) is 5.92 Å². The second-order valence-corrected chi connectivity index (χ2v) is 6.65. The van der Waals surface area contributed by atoms with Crippen LogP contribution in [0.3, 0.4) is 0 Å². The molecule has 1 fully saturated rings. The summed E-state index contributed by atoms with van der Waals surface area (Å²) in [5.41, 5.74) is 0.424. The first-order valence-electron chi connectivity index (χ1n) is 8.29. The van der Waals surface area contributed by atoms with Crippen LogP contribution in [0.25, 0.3) is 0 Å². The Labute approximate surface area is 148 Å². The number of likely N-dealkylation sites (N-methyl/N-ethyl adjacent to an activating group) is 1. The molecule has 0 unspecified atom stereocenters. The van der Waals surface area contributed by atoms with Crippen molar-refractivity contribution in [1.82, 2.24) is 9.80 Å². The first-order valence-corrected chi connectivity index (χ1v) is 8.67. The number of carbonyl (C=O) groups excluding carboxylic acids is 2. The molecule has 0 radical (unpaired) electrons. The van der Waals surface area contributed by atoms with Crippen molar-refractivity contribution in [2.45, 2.75) is 19.3 Å². The minimum atomic E-state index is -0.232. The van der Waals surface area contributed by atoms with E-state index in [1.54, 1.807) is 38.4 Å². The highest BCUT2D eigenvalue weighted by Gasteiger charge is 2.25. The van der Waals surface area contributed by atoms with Gasteiger partial charge in [0, 0.05) is 33.9 Å². The molecule has 0 aliphatic carbocycles. The van der Waals surface area contributed by atoms with Crippen LogP contribution in [-0.2, 0) is 9.53 Å². The molecule has 132 valence electrons. The van der Waals surface area contributed by atoms with Crippen LogP contribution >= 0.6 is 11.6 Å². The van der Waals surface area contributed by atoms with Crippen LogP contribution in [0.15, 0.2) is 24.3 Å². The minimum absolute atomic E-state index is 0.0110. The summed E-state index contributed by atoms with van der Waals surface area (Å²) in [4.78, 5) is 28.1. The van der Waals surface area contributed by atoms with Crippen molar-refractivity contribution in [2.24, 2.45) is 5.92 Å². The summed E-state index contributed by atoms with van der Waals surface area (Å²) in [6.45, 7) is 2.35. The van der Waals surface area contributed by atoms with Gasteiger partial charge in [-0.1, -0.05) is 23.7 Å². The Bertz CT molecular complexity index is 571. The number of piperidine rings is 1. The standard InChI is InChI=1S/C18H25ClN2O3/c1-20(18(23)15-5-3-4-6-16(15)19)13-17(22)21-10-7-14(8-11-21)9-12-24-2/h3-6,14H,7-13H2,1-2H3. The smallest absolute Gasteiger partial charge is 0.255 e. The Balaban J connectivity index is 1.84. The average molecular weight is 353 g/mol. The lowest BCUT2D eigenvalue weighted by Gasteiger charge is -2.33. The molecule has 6 heteroatoms. The van der Waals surface area contributed by atoms with Crippen molar-refractivity contribution in [3.8, 4) is 0 Å². The summed E-state index contributed by atoms with van der Waals surface area (Å²) in [5.74, 6) is 0.378. The number of rotatable bonds is 6. The fourth-order valence-electron chi connectivity index (χ4n) is 2.97. The van der Waals surface area contributed by atoms with Gasteiger partial charge in [-0.2, -0.15) is 0 Å². The van der Waals surface area contributed by atoms with Gasteiger partial charge in [0.05, 0.1) is 17.1 Å². The van der Waals surface area contributed by atoms with Crippen molar-refractivity contribution in [1.29, 1.82) is 0 Å². The summed E-state index contributed by atoms with van der Waals surface area (Å²) < 4.78 is 5.11. The van der Waals surface area contributed by atoms with E-state index in [0.717, 1.165) is 39.0 Å². The van der Waals surface area contributed by atoms with E-state index in [-0.39, 0.29) is 18.4 Å². The van der Waals surface area contributed by atoms with E-state index in [1.165, 1.54) is 4.90 Å². The molecule has 1 aromatic carbocycles. The van der Waals surface area contributed by atoms with Gasteiger partial charge in [0.1, 0.15) is 0 Å². The summed E-state index contributed by atoms with van der Waals surface area (Å²) in [7, 11) is 3.35. The van der Waals surface area contributed by atoms with Gasteiger partial charge in [-0.3, -0.25) is 9.59 Å². The monoisotopic (exact) mass is 352 g/mol. The molecule has 1 heterocycles. The molecule has 2 amide bonds. The number of benzene rings is 1. The number of amides is 2. The molecule has 0 atom stereocenters. The van der Waals surface area contributed by atoms with Gasteiger partial charge in [-0.05, 0) is 37.3 Å². The lowest BCUT2D eigenvalue weighted by atomic mass is 9.94. The van der Waals surface area contributed by atoms with Gasteiger partial charge in [0.2, 0.25) is 5.91 Å². The molecule has 0 spiro atoms. The van der Waals surface area contributed by atoms with Crippen molar-refractivity contribution in [2.75, 3.05) is 40.4 Å². The maximum atomic E-state index is 12.4. The summed E-state index contributed by atoms with van der Waals surface area (Å²) >= 11 is 6.05. The molecule has 0 bridgehead atoms.